The van der Waals surface area contributed by atoms with Gasteiger partial charge in [0.1, 0.15) is 0 Å². The maximum atomic E-state index is 12.3. The highest BCUT2D eigenvalue weighted by atomic mass is 35.5. The Hall–Kier alpha value is -2.66. The van der Waals surface area contributed by atoms with Crippen LogP contribution in [0.4, 0.5) is 11.4 Å². The van der Waals surface area contributed by atoms with Gasteiger partial charge in [0, 0.05) is 11.3 Å². The number of nitrogens with two attached hydrogens (primary N) is 1. The normalized spacial score (nSPS) is 11.1. The molecule has 0 atom stereocenters. The second-order valence-electron chi connectivity index (χ2n) is 5.13. The first-order valence-electron chi connectivity index (χ1n) is 7.21. The van der Waals surface area contributed by atoms with Gasteiger partial charge in [0.2, 0.25) is 0 Å². The fourth-order valence-electron chi connectivity index (χ4n) is 2.09. The molecule has 2 aromatic carbocycles. The smallest absolute Gasteiger partial charge is 0.251 e. The molecule has 0 aliphatic carbocycles. The van der Waals surface area contributed by atoms with Crippen LogP contribution < -0.4 is 20.5 Å². The van der Waals surface area contributed by atoms with E-state index < -0.39 is 0 Å². The van der Waals surface area contributed by atoms with Crippen molar-refractivity contribution in [3.8, 4) is 11.5 Å². The Labute approximate surface area is 146 Å². The standard InChI is InChI=1S/C18H19ClN2O3/c1-11(8-12-4-7-16(23-2)17(9-12)24-3)18(22)21-13-5-6-15(20)14(19)10-13/h4-10H,20H2,1-3H3,(H,21,22)/b11-8+. The van der Waals surface area contributed by atoms with Crippen molar-refractivity contribution in [2.75, 3.05) is 25.3 Å². The molecule has 0 unspecified atom stereocenters. The molecule has 0 aliphatic heterocycles. The summed E-state index contributed by atoms with van der Waals surface area (Å²) in [6.07, 6.45) is 1.76. The van der Waals surface area contributed by atoms with Crippen molar-refractivity contribution < 1.29 is 14.3 Å². The quantitative estimate of drug-likeness (QED) is 0.634. The van der Waals surface area contributed by atoms with E-state index in [1.165, 1.54) is 0 Å². The Bertz CT molecular complexity index is 788. The lowest BCUT2D eigenvalue weighted by molar-refractivity contribution is -0.112. The molecule has 0 aromatic heterocycles. The number of amides is 1. The first kappa shape index (κ1) is 17.7. The first-order valence-corrected chi connectivity index (χ1v) is 7.59. The molecule has 6 heteroatoms. The van der Waals surface area contributed by atoms with Crippen molar-refractivity contribution in [3.05, 3.63) is 52.6 Å². The molecule has 126 valence electrons. The Morgan fingerprint density at radius 1 is 1.12 bits per heavy atom. The monoisotopic (exact) mass is 346 g/mol. The van der Waals surface area contributed by atoms with E-state index >= 15 is 0 Å². The second kappa shape index (κ2) is 7.75. The molecular formula is C18H19ClN2O3. The number of anilines is 2. The van der Waals surface area contributed by atoms with E-state index in [2.05, 4.69) is 5.32 Å². The van der Waals surface area contributed by atoms with Gasteiger partial charge in [-0.1, -0.05) is 17.7 Å². The minimum atomic E-state index is -0.231. The van der Waals surface area contributed by atoms with Crippen LogP contribution in [0.2, 0.25) is 5.02 Å². The number of ether oxygens (including phenoxy) is 2. The number of hydrogen-bond acceptors (Lipinski definition) is 4. The topological polar surface area (TPSA) is 73.6 Å². The van der Waals surface area contributed by atoms with Crippen LogP contribution in [0.15, 0.2) is 42.0 Å². The Morgan fingerprint density at radius 2 is 1.83 bits per heavy atom. The van der Waals surface area contributed by atoms with E-state index in [0.29, 0.717) is 33.5 Å². The SMILES string of the molecule is COc1ccc(/C=C(\C)C(=O)Nc2ccc(N)c(Cl)c2)cc1OC. The summed E-state index contributed by atoms with van der Waals surface area (Å²) in [7, 11) is 3.14. The van der Waals surface area contributed by atoms with Crippen LogP contribution in [0.3, 0.4) is 0 Å². The van der Waals surface area contributed by atoms with Gasteiger partial charge < -0.3 is 20.5 Å². The van der Waals surface area contributed by atoms with Gasteiger partial charge in [-0.15, -0.1) is 0 Å². The van der Waals surface area contributed by atoms with Crippen molar-refractivity contribution in [1.29, 1.82) is 0 Å². The van der Waals surface area contributed by atoms with Gasteiger partial charge in [-0.2, -0.15) is 0 Å². The molecule has 0 fully saturated rings. The number of methoxy groups -OCH3 is 2. The van der Waals surface area contributed by atoms with E-state index in [1.54, 1.807) is 57.6 Å². The summed E-state index contributed by atoms with van der Waals surface area (Å²) in [4.78, 5) is 12.3. The average Bonchev–Trinajstić information content (AvgIpc) is 2.57. The summed E-state index contributed by atoms with van der Waals surface area (Å²) in [6, 6.07) is 10.4. The maximum absolute atomic E-state index is 12.3. The Morgan fingerprint density at radius 3 is 2.46 bits per heavy atom. The van der Waals surface area contributed by atoms with Crippen molar-refractivity contribution >= 4 is 35.0 Å². The fraction of sp³-hybridized carbons (Fsp3) is 0.167. The lowest BCUT2D eigenvalue weighted by Crippen LogP contribution is -2.12. The van der Waals surface area contributed by atoms with Gasteiger partial charge in [-0.3, -0.25) is 4.79 Å². The maximum Gasteiger partial charge on any atom is 0.251 e. The minimum absolute atomic E-state index is 0.231. The van der Waals surface area contributed by atoms with E-state index in [1.807, 2.05) is 6.07 Å². The summed E-state index contributed by atoms with van der Waals surface area (Å²) >= 11 is 5.95. The van der Waals surface area contributed by atoms with Crippen LogP contribution in [-0.4, -0.2) is 20.1 Å². The number of nitrogens with one attached hydrogen (secondary N) is 1. The molecule has 0 bridgehead atoms. The van der Waals surface area contributed by atoms with Crippen LogP contribution in [0.1, 0.15) is 12.5 Å². The molecule has 0 aliphatic rings. The molecule has 2 aromatic rings. The molecule has 2 rings (SSSR count). The van der Waals surface area contributed by atoms with Gasteiger partial charge >= 0.3 is 0 Å². The predicted octanol–water partition coefficient (Wildman–Crippen LogP) is 3.98. The van der Waals surface area contributed by atoms with Crippen LogP contribution >= 0.6 is 11.6 Å². The second-order valence-corrected chi connectivity index (χ2v) is 5.54. The molecule has 0 saturated carbocycles. The van der Waals surface area contributed by atoms with Gasteiger partial charge in [0.25, 0.3) is 5.91 Å². The molecule has 3 N–H and O–H groups in total. The number of hydrogen-bond donors (Lipinski definition) is 2. The lowest BCUT2D eigenvalue weighted by atomic mass is 10.1. The number of rotatable bonds is 5. The van der Waals surface area contributed by atoms with Crippen LogP contribution in [0, 0.1) is 0 Å². The zero-order chi connectivity index (χ0) is 17.7. The molecule has 0 saturated heterocycles. The van der Waals surface area contributed by atoms with E-state index in [4.69, 9.17) is 26.8 Å². The van der Waals surface area contributed by atoms with E-state index in [0.717, 1.165) is 5.56 Å². The number of benzene rings is 2. The third kappa shape index (κ3) is 4.20. The number of halogens is 1. The van der Waals surface area contributed by atoms with Crippen LogP contribution in [0.5, 0.6) is 11.5 Å². The molecule has 1 amide bonds. The number of carbonyl (C=O) groups is 1. The van der Waals surface area contributed by atoms with Crippen molar-refractivity contribution in [2.45, 2.75) is 6.92 Å². The van der Waals surface area contributed by atoms with Crippen molar-refractivity contribution in [3.63, 3.8) is 0 Å². The molecule has 0 spiro atoms. The van der Waals surface area contributed by atoms with Crippen LogP contribution in [0.25, 0.3) is 6.08 Å². The van der Waals surface area contributed by atoms with E-state index in [-0.39, 0.29) is 5.91 Å². The van der Waals surface area contributed by atoms with Crippen molar-refractivity contribution in [1.82, 2.24) is 0 Å². The molecule has 0 radical (unpaired) electrons. The Balaban J connectivity index is 2.17. The minimum Gasteiger partial charge on any atom is -0.493 e. The average molecular weight is 347 g/mol. The molecular weight excluding hydrogens is 328 g/mol. The molecule has 0 heterocycles. The summed E-state index contributed by atoms with van der Waals surface area (Å²) < 4.78 is 10.5. The summed E-state index contributed by atoms with van der Waals surface area (Å²) in [5, 5.41) is 3.18. The highest BCUT2D eigenvalue weighted by molar-refractivity contribution is 6.33. The van der Waals surface area contributed by atoms with Gasteiger partial charge in [-0.25, -0.2) is 0 Å². The molecule has 24 heavy (non-hydrogen) atoms. The van der Waals surface area contributed by atoms with E-state index in [9.17, 15) is 4.79 Å². The van der Waals surface area contributed by atoms with Crippen LogP contribution in [-0.2, 0) is 4.79 Å². The van der Waals surface area contributed by atoms with Gasteiger partial charge in [0.15, 0.2) is 11.5 Å². The van der Waals surface area contributed by atoms with Gasteiger partial charge in [-0.05, 0) is 48.9 Å². The first-order chi connectivity index (χ1) is 11.4. The highest BCUT2D eigenvalue weighted by Crippen LogP contribution is 2.28. The van der Waals surface area contributed by atoms with Crippen molar-refractivity contribution in [2.24, 2.45) is 0 Å². The largest absolute Gasteiger partial charge is 0.493 e. The molecule has 5 nitrogen and oxygen atoms in total. The highest BCUT2D eigenvalue weighted by Gasteiger charge is 2.08. The fourth-order valence-corrected chi connectivity index (χ4v) is 2.27. The zero-order valence-electron chi connectivity index (χ0n) is 13.7. The summed E-state index contributed by atoms with van der Waals surface area (Å²) in [5.41, 5.74) is 8.07. The summed E-state index contributed by atoms with van der Waals surface area (Å²) in [6.45, 7) is 1.73. The Kier molecular flexibility index (Phi) is 5.71. The zero-order valence-corrected chi connectivity index (χ0v) is 14.5. The third-order valence-corrected chi connectivity index (χ3v) is 3.73. The lowest BCUT2D eigenvalue weighted by Gasteiger charge is -2.09. The third-order valence-electron chi connectivity index (χ3n) is 3.41. The number of nitrogen functional groups attached to an aromatic ring is 1. The predicted molar refractivity (Wildman–Crippen MR) is 97.7 cm³/mol. The summed E-state index contributed by atoms with van der Waals surface area (Å²) in [5.74, 6) is 1.00. The van der Waals surface area contributed by atoms with Gasteiger partial charge in [0.05, 0.1) is 24.9 Å². The number of carbonyl (C=O) groups excluding carboxylic acids is 1.